The van der Waals surface area contributed by atoms with Gasteiger partial charge in [0.1, 0.15) is 17.3 Å². The summed E-state index contributed by atoms with van der Waals surface area (Å²) in [5.41, 5.74) is 2.76. The zero-order chi connectivity index (χ0) is 25.5. The zero-order valence-corrected chi connectivity index (χ0v) is 20.4. The topological polar surface area (TPSA) is 66.8 Å². The molecule has 1 atom stereocenters. The minimum absolute atomic E-state index is 0.0748. The van der Waals surface area contributed by atoms with Crippen molar-refractivity contribution in [2.75, 3.05) is 12.0 Å². The standard InChI is InChI=1S/C29H28FNO4/c1-17-8-6-7-9-22(17)31-25(18-10-13-20(30)14-11-18)24(27(33)28(31)34)26(32)21-16-19(29(2,3)4)12-15-23(21)35-5/h6-16,25,32H,1-5H3/b26-24+. The quantitative estimate of drug-likeness (QED) is 0.284. The second kappa shape index (κ2) is 9.02. The number of anilines is 1. The van der Waals surface area contributed by atoms with Gasteiger partial charge in [0.05, 0.1) is 24.3 Å². The second-order valence-corrected chi connectivity index (χ2v) is 9.67. The van der Waals surface area contributed by atoms with Crippen LogP contribution in [0.25, 0.3) is 5.76 Å². The van der Waals surface area contributed by atoms with Gasteiger partial charge >= 0.3 is 0 Å². The van der Waals surface area contributed by atoms with Crippen LogP contribution in [0, 0.1) is 12.7 Å². The molecule has 0 aliphatic carbocycles. The Labute approximate surface area is 204 Å². The van der Waals surface area contributed by atoms with Crippen LogP contribution in [0.4, 0.5) is 10.1 Å². The van der Waals surface area contributed by atoms with Crippen LogP contribution in [0.2, 0.25) is 0 Å². The number of methoxy groups -OCH3 is 1. The molecule has 1 aliphatic rings. The zero-order valence-electron chi connectivity index (χ0n) is 20.4. The number of carbonyl (C=O) groups is 2. The van der Waals surface area contributed by atoms with Gasteiger partial charge < -0.3 is 9.84 Å². The molecule has 180 valence electrons. The lowest BCUT2D eigenvalue weighted by Gasteiger charge is -2.27. The molecular weight excluding hydrogens is 445 g/mol. The van der Waals surface area contributed by atoms with Gasteiger partial charge in [0.2, 0.25) is 0 Å². The van der Waals surface area contributed by atoms with E-state index in [4.69, 9.17) is 4.74 Å². The minimum Gasteiger partial charge on any atom is -0.507 e. The Morgan fingerprint density at radius 2 is 1.66 bits per heavy atom. The number of aryl methyl sites for hydroxylation is 1. The first-order valence-corrected chi connectivity index (χ1v) is 11.4. The number of ether oxygens (including phenoxy) is 1. The summed E-state index contributed by atoms with van der Waals surface area (Å²) in [5.74, 6) is -1.99. The third-order valence-corrected chi connectivity index (χ3v) is 6.33. The van der Waals surface area contributed by atoms with Crippen molar-refractivity contribution in [3.63, 3.8) is 0 Å². The molecule has 1 fully saturated rings. The first-order valence-electron chi connectivity index (χ1n) is 11.4. The van der Waals surface area contributed by atoms with E-state index in [2.05, 4.69) is 0 Å². The highest BCUT2D eigenvalue weighted by Crippen LogP contribution is 2.44. The molecule has 1 N–H and O–H groups in total. The summed E-state index contributed by atoms with van der Waals surface area (Å²) in [5, 5.41) is 11.6. The fraction of sp³-hybridized carbons (Fsp3) is 0.241. The Hall–Kier alpha value is -3.93. The highest BCUT2D eigenvalue weighted by atomic mass is 19.1. The Morgan fingerprint density at radius 1 is 1.00 bits per heavy atom. The molecule has 1 unspecified atom stereocenters. The predicted molar refractivity (Wildman–Crippen MR) is 134 cm³/mol. The number of hydrogen-bond acceptors (Lipinski definition) is 4. The Morgan fingerprint density at radius 3 is 2.26 bits per heavy atom. The summed E-state index contributed by atoms with van der Waals surface area (Å²) in [6, 6.07) is 17.3. The number of carbonyl (C=O) groups excluding carboxylic acids is 2. The molecule has 1 amide bonds. The van der Waals surface area contributed by atoms with Crippen LogP contribution >= 0.6 is 0 Å². The second-order valence-electron chi connectivity index (χ2n) is 9.67. The van der Waals surface area contributed by atoms with Crippen molar-refractivity contribution in [3.05, 3.63) is 100 Å². The molecule has 0 saturated carbocycles. The number of rotatable bonds is 4. The summed E-state index contributed by atoms with van der Waals surface area (Å²) in [6.07, 6.45) is 0. The monoisotopic (exact) mass is 473 g/mol. The molecule has 1 aliphatic heterocycles. The molecule has 4 rings (SSSR count). The summed E-state index contributed by atoms with van der Waals surface area (Å²) >= 11 is 0. The molecule has 1 heterocycles. The molecule has 0 spiro atoms. The van der Waals surface area contributed by atoms with Crippen molar-refractivity contribution < 1.29 is 23.8 Å². The van der Waals surface area contributed by atoms with Crippen LogP contribution in [0.3, 0.4) is 0 Å². The highest BCUT2D eigenvalue weighted by molar-refractivity contribution is 6.51. The van der Waals surface area contributed by atoms with Crippen molar-refractivity contribution in [2.45, 2.75) is 39.2 Å². The van der Waals surface area contributed by atoms with Gasteiger partial charge in [0.25, 0.3) is 11.7 Å². The smallest absolute Gasteiger partial charge is 0.300 e. The van der Waals surface area contributed by atoms with Gasteiger partial charge in [-0.2, -0.15) is 0 Å². The lowest BCUT2D eigenvalue weighted by molar-refractivity contribution is -0.132. The number of hydrogen-bond donors (Lipinski definition) is 1. The first kappa shape index (κ1) is 24.2. The molecule has 0 aromatic heterocycles. The largest absolute Gasteiger partial charge is 0.507 e. The number of ketones is 1. The van der Waals surface area contributed by atoms with Gasteiger partial charge in [0, 0.05) is 5.69 Å². The molecule has 0 radical (unpaired) electrons. The fourth-order valence-electron chi connectivity index (χ4n) is 4.38. The van der Waals surface area contributed by atoms with E-state index in [-0.39, 0.29) is 16.7 Å². The van der Waals surface area contributed by atoms with E-state index in [1.54, 1.807) is 24.3 Å². The fourth-order valence-corrected chi connectivity index (χ4v) is 4.38. The van der Waals surface area contributed by atoms with Crippen molar-refractivity contribution >= 4 is 23.1 Å². The van der Waals surface area contributed by atoms with Crippen LogP contribution in [-0.4, -0.2) is 23.9 Å². The molecule has 3 aromatic carbocycles. The maximum Gasteiger partial charge on any atom is 0.300 e. The SMILES string of the molecule is COc1ccc(C(C)(C)C)cc1/C(O)=C1\C(=O)C(=O)N(c2ccccc2C)C1c1ccc(F)cc1. The Balaban J connectivity index is 2.01. The van der Waals surface area contributed by atoms with Crippen molar-refractivity contribution in [3.8, 4) is 5.75 Å². The minimum atomic E-state index is -0.945. The maximum absolute atomic E-state index is 13.8. The van der Waals surface area contributed by atoms with Crippen LogP contribution in [0.5, 0.6) is 5.75 Å². The lowest BCUT2D eigenvalue weighted by atomic mass is 9.85. The predicted octanol–water partition coefficient (Wildman–Crippen LogP) is 6.07. The van der Waals surface area contributed by atoms with Crippen LogP contribution in [0.1, 0.15) is 49.1 Å². The lowest BCUT2D eigenvalue weighted by Crippen LogP contribution is -2.30. The number of amides is 1. The van der Waals surface area contributed by atoms with Gasteiger partial charge in [-0.05, 0) is 59.4 Å². The van der Waals surface area contributed by atoms with Crippen molar-refractivity contribution in [1.82, 2.24) is 0 Å². The molecular formula is C29H28FNO4. The van der Waals surface area contributed by atoms with E-state index in [0.29, 0.717) is 22.6 Å². The average Bonchev–Trinajstić information content (AvgIpc) is 3.08. The number of nitrogens with zero attached hydrogens (tertiary/aromatic N) is 1. The third-order valence-electron chi connectivity index (χ3n) is 6.33. The van der Waals surface area contributed by atoms with Crippen molar-refractivity contribution in [1.29, 1.82) is 0 Å². The van der Waals surface area contributed by atoms with Gasteiger partial charge in [-0.15, -0.1) is 0 Å². The Bertz CT molecular complexity index is 1340. The van der Waals surface area contributed by atoms with E-state index >= 15 is 0 Å². The van der Waals surface area contributed by atoms with E-state index in [9.17, 15) is 19.1 Å². The maximum atomic E-state index is 13.8. The van der Waals surface area contributed by atoms with Crippen LogP contribution < -0.4 is 9.64 Å². The van der Waals surface area contributed by atoms with Gasteiger partial charge in [-0.25, -0.2) is 4.39 Å². The summed E-state index contributed by atoms with van der Waals surface area (Å²) < 4.78 is 19.3. The molecule has 35 heavy (non-hydrogen) atoms. The van der Waals surface area contributed by atoms with Crippen LogP contribution in [-0.2, 0) is 15.0 Å². The van der Waals surface area contributed by atoms with Crippen LogP contribution in [0.15, 0.2) is 72.3 Å². The summed E-state index contributed by atoms with van der Waals surface area (Å²) in [6.45, 7) is 7.95. The number of benzene rings is 3. The molecule has 5 nitrogen and oxygen atoms in total. The summed E-state index contributed by atoms with van der Waals surface area (Å²) in [4.78, 5) is 28.2. The first-order chi connectivity index (χ1) is 16.5. The number of aliphatic hydroxyl groups excluding tert-OH is 1. The number of para-hydroxylation sites is 1. The van der Waals surface area contributed by atoms with Gasteiger partial charge in [-0.1, -0.05) is 57.2 Å². The van der Waals surface area contributed by atoms with E-state index in [1.807, 2.05) is 45.9 Å². The average molecular weight is 474 g/mol. The molecule has 0 bridgehead atoms. The number of aliphatic hydroxyl groups is 1. The molecule has 1 saturated heterocycles. The normalized spacial score (nSPS) is 17.7. The van der Waals surface area contributed by atoms with Gasteiger partial charge in [0.15, 0.2) is 0 Å². The molecule has 6 heteroatoms. The molecule has 3 aromatic rings. The van der Waals surface area contributed by atoms with E-state index in [1.165, 1.54) is 36.3 Å². The van der Waals surface area contributed by atoms with E-state index < -0.39 is 23.5 Å². The summed E-state index contributed by atoms with van der Waals surface area (Å²) in [7, 11) is 1.48. The Kier molecular flexibility index (Phi) is 6.24. The van der Waals surface area contributed by atoms with Crippen molar-refractivity contribution in [2.24, 2.45) is 0 Å². The van der Waals surface area contributed by atoms with Gasteiger partial charge in [-0.3, -0.25) is 14.5 Å². The van der Waals surface area contributed by atoms with E-state index in [0.717, 1.165) is 11.1 Å². The highest BCUT2D eigenvalue weighted by Gasteiger charge is 2.47. The third kappa shape index (κ3) is 4.32. The number of Topliss-reactive ketones (excluding diaryl/α,β-unsaturated/α-hetero) is 1. The number of halogens is 1.